The summed E-state index contributed by atoms with van der Waals surface area (Å²) < 4.78 is 15.2. The van der Waals surface area contributed by atoms with E-state index in [0.717, 1.165) is 0 Å². The first-order chi connectivity index (χ1) is 10.3. The predicted molar refractivity (Wildman–Crippen MR) is 99.4 cm³/mol. The summed E-state index contributed by atoms with van der Waals surface area (Å²) in [5.41, 5.74) is 0. The van der Waals surface area contributed by atoms with Gasteiger partial charge in [0.2, 0.25) is 0 Å². The van der Waals surface area contributed by atoms with E-state index >= 15 is 0 Å². The first-order valence-corrected chi connectivity index (χ1v) is 10.9. The Balaban J connectivity index is -0.000000419. The molecule has 0 bridgehead atoms. The number of hydrogen-bond donors (Lipinski definition) is 1. The molecule has 0 heterocycles. The lowest BCUT2D eigenvalue weighted by Gasteiger charge is -2.37. The molecule has 6 nitrogen and oxygen atoms in total. The van der Waals surface area contributed by atoms with Crippen molar-refractivity contribution in [2.24, 2.45) is 0 Å². The fraction of sp³-hybridized carbons (Fsp3) is 0.882. The summed E-state index contributed by atoms with van der Waals surface area (Å²) in [7, 11) is -1.86. The first-order valence-electron chi connectivity index (χ1n) is 7.99. The minimum absolute atomic E-state index is 0. The lowest BCUT2D eigenvalue weighted by molar-refractivity contribution is -0.152. The first kappa shape index (κ1) is 27.9. The van der Waals surface area contributed by atoms with E-state index in [4.69, 9.17) is 14.3 Å². The van der Waals surface area contributed by atoms with Crippen LogP contribution in [0.15, 0.2) is 0 Å². The summed E-state index contributed by atoms with van der Waals surface area (Å²) in [5, 5.41) is 8.60. The Hall–Kier alpha value is -0.923. The van der Waals surface area contributed by atoms with Crippen LogP contribution in [0.3, 0.4) is 0 Å². The third-order valence-corrected chi connectivity index (χ3v) is 8.08. The van der Waals surface area contributed by atoms with Crippen molar-refractivity contribution < 1.29 is 28.6 Å². The fourth-order valence-electron chi connectivity index (χ4n) is 1.19. The van der Waals surface area contributed by atoms with Gasteiger partial charge in [-0.25, -0.2) is 9.59 Å². The maximum Gasteiger partial charge on any atom is 0.334 e. The van der Waals surface area contributed by atoms with Gasteiger partial charge in [0.05, 0.1) is 13.2 Å². The molecule has 0 radical (unpaired) electrons. The van der Waals surface area contributed by atoms with E-state index in [2.05, 4.69) is 38.6 Å². The van der Waals surface area contributed by atoms with E-state index in [9.17, 15) is 9.59 Å². The number of hydrogen-bond acceptors (Lipinski definition) is 6. The van der Waals surface area contributed by atoms with Gasteiger partial charge in [-0.3, -0.25) is 0 Å². The van der Waals surface area contributed by atoms with Gasteiger partial charge in [-0.1, -0.05) is 28.2 Å². The standard InChI is InChI=1S/C11H24O3Si.C5H10O3.CH4/c1-8-13-10(12)9(2)14-15(6,7)11(3,4)5;1-3-8-5(7)4(2)6;/h9H,8H2,1-7H3;4,6H,3H2,1-2H3;1H4/t9-;4-;/m00./s1. The molecule has 0 spiro atoms. The molecule has 0 aromatic carbocycles. The predicted octanol–water partition coefficient (Wildman–Crippen LogP) is 3.53. The number of ether oxygens (including phenoxy) is 2. The lowest BCUT2D eigenvalue weighted by Crippen LogP contribution is -2.45. The maximum atomic E-state index is 11.4. The van der Waals surface area contributed by atoms with E-state index in [1.54, 1.807) is 20.8 Å². The van der Waals surface area contributed by atoms with Gasteiger partial charge in [-0.2, -0.15) is 0 Å². The van der Waals surface area contributed by atoms with Crippen LogP contribution >= 0.6 is 0 Å². The van der Waals surface area contributed by atoms with Crippen molar-refractivity contribution in [3.05, 3.63) is 0 Å². The number of esters is 2. The van der Waals surface area contributed by atoms with E-state index in [1.807, 2.05) is 0 Å². The second-order valence-electron chi connectivity index (χ2n) is 6.70. The molecule has 2 atom stereocenters. The van der Waals surface area contributed by atoms with Crippen molar-refractivity contribution in [3.8, 4) is 0 Å². The highest BCUT2D eigenvalue weighted by Crippen LogP contribution is 2.37. The van der Waals surface area contributed by atoms with Crippen LogP contribution in [0.25, 0.3) is 0 Å². The van der Waals surface area contributed by atoms with E-state index in [1.165, 1.54) is 6.92 Å². The minimum Gasteiger partial charge on any atom is -0.464 e. The van der Waals surface area contributed by atoms with Crippen molar-refractivity contribution in [1.29, 1.82) is 0 Å². The molecular formula is C17H38O6Si. The van der Waals surface area contributed by atoms with Gasteiger partial charge in [0.25, 0.3) is 0 Å². The molecule has 0 amide bonds. The van der Waals surface area contributed by atoms with Crippen molar-refractivity contribution in [1.82, 2.24) is 0 Å². The van der Waals surface area contributed by atoms with Crippen molar-refractivity contribution >= 4 is 20.3 Å². The third-order valence-electron chi connectivity index (χ3n) is 3.52. The molecular weight excluding hydrogens is 328 g/mol. The Morgan fingerprint density at radius 2 is 1.38 bits per heavy atom. The van der Waals surface area contributed by atoms with Crippen LogP contribution in [-0.2, 0) is 23.5 Å². The zero-order valence-corrected chi connectivity index (χ0v) is 17.1. The largest absolute Gasteiger partial charge is 0.464 e. The van der Waals surface area contributed by atoms with Crippen LogP contribution in [-0.4, -0.2) is 50.8 Å². The minimum atomic E-state index is -1.86. The molecule has 7 heteroatoms. The zero-order valence-electron chi connectivity index (χ0n) is 16.1. The Bertz CT molecular complexity index is 361. The van der Waals surface area contributed by atoms with Gasteiger partial charge in [0.1, 0.15) is 12.2 Å². The molecule has 0 unspecified atom stereocenters. The van der Waals surface area contributed by atoms with Crippen LogP contribution in [0.4, 0.5) is 0 Å². The molecule has 0 aromatic rings. The number of rotatable bonds is 6. The molecule has 0 fully saturated rings. The monoisotopic (exact) mass is 366 g/mol. The maximum absolute atomic E-state index is 11.4. The molecule has 0 aliphatic carbocycles. The van der Waals surface area contributed by atoms with Crippen LogP contribution < -0.4 is 0 Å². The SMILES string of the molecule is C.CCOC(=O)[C@H](C)O.CCOC(=O)[C@H](C)O[Si](C)(C)C(C)(C)C. The van der Waals surface area contributed by atoms with Gasteiger partial charge in [-0.15, -0.1) is 0 Å². The molecule has 0 saturated carbocycles. The Morgan fingerprint density at radius 3 is 1.62 bits per heavy atom. The molecule has 0 rings (SSSR count). The molecule has 1 N–H and O–H groups in total. The summed E-state index contributed by atoms with van der Waals surface area (Å²) in [5.74, 6) is -0.824. The van der Waals surface area contributed by atoms with Crippen molar-refractivity contribution in [3.63, 3.8) is 0 Å². The molecule has 24 heavy (non-hydrogen) atoms. The summed E-state index contributed by atoms with van der Waals surface area (Å²) in [6, 6.07) is 0. The lowest BCUT2D eigenvalue weighted by atomic mass is 10.2. The Kier molecular flexibility index (Phi) is 14.5. The highest BCUT2D eigenvalue weighted by molar-refractivity contribution is 6.74. The second-order valence-corrected chi connectivity index (χ2v) is 11.5. The molecule has 0 saturated heterocycles. The number of aliphatic hydroxyl groups is 1. The highest BCUT2D eigenvalue weighted by atomic mass is 28.4. The van der Waals surface area contributed by atoms with Crippen molar-refractivity contribution in [2.45, 2.75) is 86.2 Å². The highest BCUT2D eigenvalue weighted by Gasteiger charge is 2.39. The smallest absolute Gasteiger partial charge is 0.334 e. The topological polar surface area (TPSA) is 82.1 Å². The molecule has 0 aliphatic rings. The Labute approximate surface area is 149 Å². The van der Waals surface area contributed by atoms with E-state index < -0.39 is 26.5 Å². The fourth-order valence-corrected chi connectivity index (χ4v) is 2.52. The van der Waals surface area contributed by atoms with Gasteiger partial charge >= 0.3 is 11.9 Å². The van der Waals surface area contributed by atoms with Crippen LogP contribution in [0, 0.1) is 0 Å². The Morgan fingerprint density at radius 1 is 1.00 bits per heavy atom. The van der Waals surface area contributed by atoms with Gasteiger partial charge in [-0.05, 0) is 45.8 Å². The van der Waals surface area contributed by atoms with Gasteiger partial charge in [0.15, 0.2) is 8.32 Å². The third kappa shape index (κ3) is 11.6. The van der Waals surface area contributed by atoms with Crippen LogP contribution in [0.2, 0.25) is 18.1 Å². The summed E-state index contributed by atoms with van der Waals surface area (Å²) in [6.07, 6.45) is -1.44. The van der Waals surface area contributed by atoms with Gasteiger partial charge < -0.3 is 19.0 Å². The average molecular weight is 367 g/mol. The molecule has 0 aliphatic heterocycles. The normalized spacial score (nSPS) is 13.6. The van der Waals surface area contributed by atoms with E-state index in [0.29, 0.717) is 13.2 Å². The van der Waals surface area contributed by atoms with E-state index in [-0.39, 0.29) is 18.4 Å². The average Bonchev–Trinajstić information content (AvgIpc) is 2.38. The number of carbonyl (C=O) groups is 2. The summed E-state index contributed by atoms with van der Waals surface area (Å²) in [6.45, 7) is 18.1. The molecule has 146 valence electrons. The summed E-state index contributed by atoms with van der Waals surface area (Å²) in [4.78, 5) is 21.7. The molecule has 0 aromatic heterocycles. The van der Waals surface area contributed by atoms with Gasteiger partial charge in [0, 0.05) is 0 Å². The number of carbonyl (C=O) groups excluding carboxylic acids is 2. The van der Waals surface area contributed by atoms with Crippen molar-refractivity contribution in [2.75, 3.05) is 13.2 Å². The zero-order chi connectivity index (χ0) is 18.8. The van der Waals surface area contributed by atoms with Crippen LogP contribution in [0.1, 0.15) is 55.9 Å². The number of aliphatic hydroxyl groups excluding tert-OH is 1. The quantitative estimate of drug-likeness (QED) is 0.572. The second kappa shape index (κ2) is 12.4. The summed E-state index contributed by atoms with van der Waals surface area (Å²) >= 11 is 0. The van der Waals surface area contributed by atoms with Crippen LogP contribution in [0.5, 0.6) is 0 Å².